The van der Waals surface area contributed by atoms with Crippen molar-refractivity contribution in [2.24, 2.45) is 0 Å². The zero-order valence-electron chi connectivity index (χ0n) is 10.3. The number of nitrogens with one attached hydrogen (secondary N) is 1. The molecule has 94 valence electrons. The summed E-state index contributed by atoms with van der Waals surface area (Å²) in [7, 11) is 0. The fraction of sp³-hybridized carbons (Fsp3) is 0.727. The van der Waals surface area contributed by atoms with Gasteiger partial charge in [-0.25, -0.2) is 0 Å². The first-order valence-electron chi connectivity index (χ1n) is 6.03. The van der Waals surface area contributed by atoms with Gasteiger partial charge in [0.25, 0.3) is 11.7 Å². The molecule has 0 aromatic carbocycles. The molecule has 2 rings (SSSR count). The third kappa shape index (κ3) is 2.82. The van der Waals surface area contributed by atoms with Crippen LogP contribution in [0.25, 0.3) is 0 Å². The summed E-state index contributed by atoms with van der Waals surface area (Å²) >= 11 is 0. The summed E-state index contributed by atoms with van der Waals surface area (Å²) in [5.41, 5.74) is 0. The second-order valence-electron chi connectivity index (χ2n) is 4.27. The molecule has 1 amide bonds. The molecule has 0 radical (unpaired) electrons. The van der Waals surface area contributed by atoms with Crippen molar-refractivity contribution in [3.63, 3.8) is 0 Å². The van der Waals surface area contributed by atoms with E-state index in [9.17, 15) is 4.79 Å². The van der Waals surface area contributed by atoms with Gasteiger partial charge < -0.3 is 14.7 Å². The normalized spacial score (nSPS) is 19.5. The lowest BCUT2D eigenvalue weighted by atomic mass is 10.2. The molecule has 0 aliphatic carbocycles. The zero-order chi connectivity index (χ0) is 12.3. The fourth-order valence-electron chi connectivity index (χ4n) is 2.06. The molecule has 2 heterocycles. The summed E-state index contributed by atoms with van der Waals surface area (Å²) in [5, 5.41) is 7.04. The molecule has 1 aromatic heterocycles. The van der Waals surface area contributed by atoms with E-state index in [-0.39, 0.29) is 11.7 Å². The van der Waals surface area contributed by atoms with Crippen LogP contribution >= 0.6 is 0 Å². The molecular formula is C11H18N4O2. The van der Waals surface area contributed by atoms with Crippen LogP contribution in [0, 0.1) is 6.92 Å². The predicted octanol–water partition coefficient (Wildman–Crippen LogP) is 0.592. The van der Waals surface area contributed by atoms with Gasteiger partial charge in [0, 0.05) is 26.1 Å². The Hall–Kier alpha value is -1.43. The van der Waals surface area contributed by atoms with E-state index in [0.29, 0.717) is 25.0 Å². The fourth-order valence-corrected chi connectivity index (χ4v) is 2.06. The average molecular weight is 238 g/mol. The number of rotatable bonds is 4. The molecule has 0 spiro atoms. The smallest absolute Gasteiger partial charge is 0.295 e. The quantitative estimate of drug-likeness (QED) is 0.831. The van der Waals surface area contributed by atoms with Gasteiger partial charge in [0.1, 0.15) is 0 Å². The summed E-state index contributed by atoms with van der Waals surface area (Å²) in [5.74, 6) is 0.420. The Kier molecular flexibility index (Phi) is 3.73. The van der Waals surface area contributed by atoms with Crippen LogP contribution < -0.4 is 5.32 Å². The van der Waals surface area contributed by atoms with Crippen molar-refractivity contribution < 1.29 is 9.32 Å². The molecule has 1 N–H and O–H groups in total. The van der Waals surface area contributed by atoms with Crippen LogP contribution in [0.2, 0.25) is 0 Å². The van der Waals surface area contributed by atoms with Crippen molar-refractivity contribution in [2.75, 3.05) is 19.6 Å². The number of carbonyl (C=O) groups excluding carboxylic acids is 1. The number of hydrogen-bond acceptors (Lipinski definition) is 5. The van der Waals surface area contributed by atoms with Crippen molar-refractivity contribution in [3.05, 3.63) is 11.7 Å². The first-order chi connectivity index (χ1) is 8.20. The highest BCUT2D eigenvalue weighted by Gasteiger charge is 2.24. The van der Waals surface area contributed by atoms with Gasteiger partial charge in [-0.15, -0.1) is 0 Å². The van der Waals surface area contributed by atoms with Crippen LogP contribution in [0.15, 0.2) is 4.52 Å². The van der Waals surface area contributed by atoms with Crippen LogP contribution in [0.3, 0.4) is 0 Å². The van der Waals surface area contributed by atoms with E-state index in [1.807, 2.05) is 6.92 Å². The molecule has 1 aliphatic rings. The van der Waals surface area contributed by atoms with Crippen LogP contribution in [-0.4, -0.2) is 46.6 Å². The highest BCUT2D eigenvalue weighted by molar-refractivity contribution is 5.90. The molecule has 6 heteroatoms. The number of hydrogen-bond donors (Lipinski definition) is 1. The number of aromatic nitrogens is 2. The van der Waals surface area contributed by atoms with Crippen molar-refractivity contribution >= 4 is 5.91 Å². The number of aryl methyl sites for hydroxylation is 1. The lowest BCUT2D eigenvalue weighted by molar-refractivity contribution is 0.0735. The third-order valence-corrected chi connectivity index (χ3v) is 2.99. The molecule has 17 heavy (non-hydrogen) atoms. The minimum atomic E-state index is -0.155. The average Bonchev–Trinajstić information content (AvgIpc) is 2.96. The van der Waals surface area contributed by atoms with E-state index in [4.69, 9.17) is 4.52 Å². The van der Waals surface area contributed by atoms with Gasteiger partial charge in [0.15, 0.2) is 0 Å². The molecule has 0 bridgehead atoms. The maximum atomic E-state index is 12.1. The second-order valence-corrected chi connectivity index (χ2v) is 4.27. The Bertz CT molecular complexity index is 385. The maximum Gasteiger partial charge on any atom is 0.295 e. The Morgan fingerprint density at radius 3 is 3.00 bits per heavy atom. The van der Waals surface area contributed by atoms with E-state index in [2.05, 4.69) is 15.5 Å². The topological polar surface area (TPSA) is 71.3 Å². The van der Waals surface area contributed by atoms with E-state index in [0.717, 1.165) is 13.0 Å². The monoisotopic (exact) mass is 238 g/mol. The standard InChI is InChI=1S/C11H18N4O2/c1-3-15(7-9-5-4-6-12-9)11(16)10-13-8(2)17-14-10/h9,12H,3-7H2,1-2H3. The molecule has 1 aliphatic heterocycles. The Morgan fingerprint density at radius 2 is 2.47 bits per heavy atom. The van der Waals surface area contributed by atoms with Gasteiger partial charge in [-0.3, -0.25) is 4.79 Å². The van der Waals surface area contributed by atoms with Gasteiger partial charge >= 0.3 is 0 Å². The number of amides is 1. The summed E-state index contributed by atoms with van der Waals surface area (Å²) in [6, 6.07) is 0.395. The number of carbonyl (C=O) groups is 1. The van der Waals surface area contributed by atoms with E-state index in [1.54, 1.807) is 11.8 Å². The SMILES string of the molecule is CCN(CC1CCCN1)C(=O)c1noc(C)n1. The van der Waals surface area contributed by atoms with Crippen LogP contribution in [0.1, 0.15) is 36.3 Å². The second kappa shape index (κ2) is 5.27. The zero-order valence-corrected chi connectivity index (χ0v) is 10.3. The lowest BCUT2D eigenvalue weighted by Crippen LogP contribution is -2.41. The minimum absolute atomic E-state index is 0.155. The first-order valence-corrected chi connectivity index (χ1v) is 6.03. The molecule has 1 aromatic rings. The van der Waals surface area contributed by atoms with Crippen molar-refractivity contribution in [1.29, 1.82) is 0 Å². The Morgan fingerprint density at radius 1 is 1.65 bits per heavy atom. The van der Waals surface area contributed by atoms with Gasteiger partial charge in [-0.05, 0) is 26.3 Å². The summed E-state index contributed by atoms with van der Waals surface area (Å²) in [4.78, 5) is 17.8. The van der Waals surface area contributed by atoms with E-state index in [1.165, 1.54) is 6.42 Å². The molecular weight excluding hydrogens is 220 g/mol. The Labute approximate surface area is 100 Å². The largest absolute Gasteiger partial charge is 0.339 e. The summed E-state index contributed by atoms with van der Waals surface area (Å²) in [6.45, 7) is 6.05. The highest BCUT2D eigenvalue weighted by Crippen LogP contribution is 2.09. The summed E-state index contributed by atoms with van der Waals surface area (Å²) in [6.07, 6.45) is 2.30. The van der Waals surface area contributed by atoms with Gasteiger partial charge in [0.2, 0.25) is 5.89 Å². The predicted molar refractivity (Wildman–Crippen MR) is 61.6 cm³/mol. The lowest BCUT2D eigenvalue weighted by Gasteiger charge is -2.22. The number of likely N-dealkylation sites (N-methyl/N-ethyl adjacent to an activating group) is 1. The molecule has 1 atom stereocenters. The maximum absolute atomic E-state index is 12.1. The van der Waals surface area contributed by atoms with Gasteiger partial charge in [-0.2, -0.15) is 4.98 Å². The van der Waals surface area contributed by atoms with Crippen molar-refractivity contribution in [2.45, 2.75) is 32.7 Å². The third-order valence-electron chi connectivity index (χ3n) is 2.99. The molecule has 1 fully saturated rings. The summed E-state index contributed by atoms with van der Waals surface area (Å²) < 4.78 is 4.83. The van der Waals surface area contributed by atoms with Crippen LogP contribution in [-0.2, 0) is 0 Å². The van der Waals surface area contributed by atoms with Crippen LogP contribution in [0.4, 0.5) is 0 Å². The molecule has 0 saturated carbocycles. The van der Waals surface area contributed by atoms with Gasteiger partial charge in [-0.1, -0.05) is 5.16 Å². The molecule has 1 unspecified atom stereocenters. The van der Waals surface area contributed by atoms with E-state index < -0.39 is 0 Å². The highest BCUT2D eigenvalue weighted by atomic mass is 16.5. The van der Waals surface area contributed by atoms with E-state index >= 15 is 0 Å². The number of nitrogens with zero attached hydrogens (tertiary/aromatic N) is 3. The van der Waals surface area contributed by atoms with Crippen molar-refractivity contribution in [1.82, 2.24) is 20.4 Å². The molecule has 1 saturated heterocycles. The van der Waals surface area contributed by atoms with Crippen molar-refractivity contribution in [3.8, 4) is 0 Å². The van der Waals surface area contributed by atoms with Gasteiger partial charge in [0.05, 0.1) is 0 Å². The first kappa shape index (κ1) is 12.0. The minimum Gasteiger partial charge on any atom is -0.339 e. The molecule has 6 nitrogen and oxygen atoms in total. The Balaban J connectivity index is 1.99. The van der Waals surface area contributed by atoms with Crippen LogP contribution in [0.5, 0.6) is 0 Å².